The van der Waals surface area contributed by atoms with Gasteiger partial charge in [-0.25, -0.2) is 0 Å². The second-order valence-electron chi connectivity index (χ2n) is 4.70. The molecule has 1 fully saturated rings. The number of thioether (sulfide) groups is 1. The van der Waals surface area contributed by atoms with Crippen LogP contribution in [-0.4, -0.2) is 38.8 Å². The van der Waals surface area contributed by atoms with Crippen LogP contribution in [-0.2, 0) is 13.1 Å². The highest BCUT2D eigenvalue weighted by Gasteiger charge is 2.25. The summed E-state index contributed by atoms with van der Waals surface area (Å²) in [5.41, 5.74) is 1.76. The monoisotopic (exact) mass is 248 g/mol. The van der Waals surface area contributed by atoms with E-state index in [1.807, 2.05) is 10.7 Å². The van der Waals surface area contributed by atoms with Gasteiger partial charge in [-0.3, -0.25) is 9.58 Å². The molecule has 1 saturated heterocycles. The number of aromatic nitrogens is 2. The largest absolute Gasteiger partial charge is 0.294 e. The number of rotatable bonds is 1. The zero-order valence-corrected chi connectivity index (χ0v) is 10.6. The summed E-state index contributed by atoms with van der Waals surface area (Å²) < 4.78 is 2.01. The lowest BCUT2D eigenvalue weighted by Gasteiger charge is -2.26. The van der Waals surface area contributed by atoms with Gasteiger partial charge in [-0.2, -0.15) is 22.1 Å². The summed E-state index contributed by atoms with van der Waals surface area (Å²) in [4.78, 5) is 2.57. The minimum atomic E-state index is 0.558. The number of hydrogen-bond donors (Lipinski definition) is 0. The fraction of sp³-hybridized carbons (Fsp3) is 0.667. The number of fused-ring (bicyclic) bond motifs is 1. The minimum absolute atomic E-state index is 0.558. The summed E-state index contributed by atoms with van der Waals surface area (Å²) in [5.74, 6) is 2.56. The van der Waals surface area contributed by atoms with Gasteiger partial charge in [-0.1, -0.05) is 0 Å². The number of aryl methyl sites for hydroxylation is 1. The normalized spacial score (nSPS) is 25.2. The molecule has 3 heterocycles. The van der Waals surface area contributed by atoms with E-state index < -0.39 is 0 Å². The first-order valence-corrected chi connectivity index (χ1v) is 7.31. The Morgan fingerprint density at radius 2 is 2.41 bits per heavy atom. The summed E-state index contributed by atoms with van der Waals surface area (Å²) in [6, 6.07) is 4.81. The molecular weight excluding hydrogens is 232 g/mol. The van der Waals surface area contributed by atoms with Gasteiger partial charge in [0.15, 0.2) is 5.69 Å². The van der Waals surface area contributed by atoms with Crippen molar-refractivity contribution >= 4 is 11.8 Å². The molecule has 1 aromatic heterocycles. The van der Waals surface area contributed by atoms with Gasteiger partial charge in [-0.05, 0) is 24.7 Å². The third-order valence-corrected chi connectivity index (χ3v) is 4.73. The second-order valence-corrected chi connectivity index (χ2v) is 5.85. The van der Waals surface area contributed by atoms with E-state index in [-0.39, 0.29) is 0 Å². The van der Waals surface area contributed by atoms with Gasteiger partial charge in [0.1, 0.15) is 6.07 Å². The Kier molecular flexibility index (Phi) is 3.08. The average molecular weight is 248 g/mol. The SMILES string of the molecule is N#Cc1cc2n(n1)CCCN(C1CCSC1)C2. The molecule has 0 aliphatic carbocycles. The van der Waals surface area contributed by atoms with Crippen LogP contribution < -0.4 is 0 Å². The summed E-state index contributed by atoms with van der Waals surface area (Å²) >= 11 is 2.06. The number of hydrogen-bond acceptors (Lipinski definition) is 4. The fourth-order valence-corrected chi connectivity index (χ4v) is 3.92. The summed E-state index contributed by atoms with van der Waals surface area (Å²) in [5, 5.41) is 13.2. The molecule has 4 nitrogen and oxygen atoms in total. The van der Waals surface area contributed by atoms with Crippen LogP contribution in [0.1, 0.15) is 24.2 Å². The highest BCUT2D eigenvalue weighted by Crippen LogP contribution is 2.25. The topological polar surface area (TPSA) is 44.9 Å². The summed E-state index contributed by atoms with van der Waals surface area (Å²) in [7, 11) is 0. The third kappa shape index (κ3) is 2.20. The van der Waals surface area contributed by atoms with Gasteiger partial charge in [0.2, 0.25) is 0 Å². The molecular formula is C12H16N4S. The molecule has 0 amide bonds. The molecule has 5 heteroatoms. The molecule has 0 saturated carbocycles. The first-order valence-electron chi connectivity index (χ1n) is 6.15. The zero-order chi connectivity index (χ0) is 11.7. The first-order chi connectivity index (χ1) is 8.36. The highest BCUT2D eigenvalue weighted by molar-refractivity contribution is 7.99. The van der Waals surface area contributed by atoms with Crippen molar-refractivity contribution in [2.24, 2.45) is 0 Å². The zero-order valence-electron chi connectivity index (χ0n) is 9.80. The van der Waals surface area contributed by atoms with Crippen LogP contribution in [0.25, 0.3) is 0 Å². The van der Waals surface area contributed by atoms with Crippen molar-refractivity contribution in [3.63, 3.8) is 0 Å². The molecule has 2 aliphatic heterocycles. The van der Waals surface area contributed by atoms with E-state index in [0.29, 0.717) is 5.69 Å². The molecule has 3 rings (SSSR count). The maximum absolute atomic E-state index is 8.89. The molecule has 0 aromatic carbocycles. The van der Waals surface area contributed by atoms with Gasteiger partial charge in [0.05, 0.1) is 5.69 Å². The lowest BCUT2D eigenvalue weighted by atomic mass is 10.2. The average Bonchev–Trinajstić information content (AvgIpc) is 2.95. The van der Waals surface area contributed by atoms with E-state index in [4.69, 9.17) is 5.26 Å². The number of nitriles is 1. The van der Waals surface area contributed by atoms with Crippen LogP contribution in [0.15, 0.2) is 6.07 Å². The Balaban J connectivity index is 1.80. The van der Waals surface area contributed by atoms with Crippen molar-refractivity contribution in [1.82, 2.24) is 14.7 Å². The standard InChI is InChI=1S/C12H16N4S/c13-7-10-6-12-8-15(11-2-5-17-9-11)3-1-4-16(12)14-10/h6,11H,1-5,8-9H2. The van der Waals surface area contributed by atoms with Crippen molar-refractivity contribution in [2.75, 3.05) is 18.1 Å². The molecule has 2 aliphatic rings. The van der Waals surface area contributed by atoms with E-state index in [1.54, 1.807) is 0 Å². The smallest absolute Gasteiger partial charge is 0.162 e. The molecule has 17 heavy (non-hydrogen) atoms. The van der Waals surface area contributed by atoms with E-state index >= 15 is 0 Å². The van der Waals surface area contributed by atoms with Crippen LogP contribution in [0.2, 0.25) is 0 Å². The maximum Gasteiger partial charge on any atom is 0.162 e. The predicted octanol–water partition coefficient (Wildman–Crippen LogP) is 1.47. The predicted molar refractivity (Wildman–Crippen MR) is 67.7 cm³/mol. The molecule has 1 aromatic rings. The Hall–Kier alpha value is -0.990. The molecule has 0 N–H and O–H groups in total. The van der Waals surface area contributed by atoms with Crippen molar-refractivity contribution in [2.45, 2.75) is 32.0 Å². The van der Waals surface area contributed by atoms with Crippen molar-refractivity contribution in [1.29, 1.82) is 5.26 Å². The lowest BCUT2D eigenvalue weighted by molar-refractivity contribution is 0.207. The Morgan fingerprint density at radius 3 is 3.18 bits per heavy atom. The van der Waals surface area contributed by atoms with Crippen LogP contribution in [0.5, 0.6) is 0 Å². The Bertz CT molecular complexity index is 442. The second kappa shape index (κ2) is 4.71. The van der Waals surface area contributed by atoms with Gasteiger partial charge in [0.25, 0.3) is 0 Å². The Morgan fingerprint density at radius 1 is 1.47 bits per heavy atom. The highest BCUT2D eigenvalue weighted by atomic mass is 32.2. The van der Waals surface area contributed by atoms with Gasteiger partial charge in [0, 0.05) is 31.4 Å². The molecule has 0 spiro atoms. The molecule has 0 bridgehead atoms. The summed E-state index contributed by atoms with van der Waals surface area (Å²) in [6.07, 6.45) is 2.45. The maximum atomic E-state index is 8.89. The number of nitrogens with zero attached hydrogens (tertiary/aromatic N) is 4. The van der Waals surface area contributed by atoms with E-state index in [0.717, 1.165) is 32.1 Å². The molecule has 0 radical (unpaired) electrons. The van der Waals surface area contributed by atoms with E-state index in [1.165, 1.54) is 23.6 Å². The van der Waals surface area contributed by atoms with Crippen LogP contribution in [0.4, 0.5) is 0 Å². The summed E-state index contributed by atoms with van der Waals surface area (Å²) in [6.45, 7) is 3.07. The van der Waals surface area contributed by atoms with Gasteiger partial charge in [-0.15, -0.1) is 0 Å². The molecule has 1 unspecified atom stereocenters. The Labute approximate surface area is 106 Å². The van der Waals surface area contributed by atoms with Crippen LogP contribution in [0, 0.1) is 11.3 Å². The third-order valence-electron chi connectivity index (χ3n) is 3.58. The minimum Gasteiger partial charge on any atom is -0.294 e. The van der Waals surface area contributed by atoms with E-state index in [9.17, 15) is 0 Å². The molecule has 90 valence electrons. The van der Waals surface area contributed by atoms with Crippen LogP contribution in [0.3, 0.4) is 0 Å². The van der Waals surface area contributed by atoms with Gasteiger partial charge < -0.3 is 0 Å². The quantitative estimate of drug-likeness (QED) is 0.755. The van der Waals surface area contributed by atoms with Gasteiger partial charge >= 0.3 is 0 Å². The fourth-order valence-electron chi connectivity index (χ4n) is 2.66. The molecule has 1 atom stereocenters. The van der Waals surface area contributed by atoms with Crippen molar-refractivity contribution < 1.29 is 0 Å². The van der Waals surface area contributed by atoms with Crippen molar-refractivity contribution in [3.8, 4) is 6.07 Å². The van der Waals surface area contributed by atoms with Crippen molar-refractivity contribution in [3.05, 3.63) is 17.5 Å². The first kappa shape index (κ1) is 11.1. The lowest BCUT2D eigenvalue weighted by Crippen LogP contribution is -2.34. The van der Waals surface area contributed by atoms with Crippen LogP contribution >= 0.6 is 11.8 Å². The van der Waals surface area contributed by atoms with E-state index in [2.05, 4.69) is 27.8 Å².